The average Bonchev–Trinajstić information content (AvgIpc) is 3.32. The van der Waals surface area contributed by atoms with Gasteiger partial charge in [-0.05, 0) is 42.7 Å². The Bertz CT molecular complexity index is 1080. The molecule has 1 aromatic heterocycles. The van der Waals surface area contributed by atoms with Gasteiger partial charge in [0.05, 0.1) is 0 Å². The van der Waals surface area contributed by atoms with Crippen molar-refractivity contribution in [2.75, 3.05) is 24.8 Å². The number of nitrogens with one attached hydrogen (secondary N) is 1. The molecule has 2 aliphatic heterocycles. The highest BCUT2D eigenvalue weighted by Gasteiger charge is 2.27. The second kappa shape index (κ2) is 9.13. The molecule has 5 rings (SSSR count). The van der Waals surface area contributed by atoms with E-state index in [9.17, 15) is 4.79 Å². The zero-order valence-electron chi connectivity index (χ0n) is 17.6. The predicted molar refractivity (Wildman–Crippen MR) is 118 cm³/mol. The molecule has 1 saturated heterocycles. The second-order valence-electron chi connectivity index (χ2n) is 7.77. The molecule has 0 radical (unpaired) electrons. The number of nitrogens with zero attached hydrogens (tertiary/aromatic N) is 3. The number of carbonyl (C=O) groups is 1. The van der Waals surface area contributed by atoms with E-state index < -0.39 is 0 Å². The van der Waals surface area contributed by atoms with Crippen LogP contribution in [-0.2, 0) is 11.3 Å². The summed E-state index contributed by atoms with van der Waals surface area (Å²) in [5.41, 5.74) is 0.988. The van der Waals surface area contributed by atoms with E-state index in [1.54, 1.807) is 12.4 Å². The minimum Gasteiger partial charge on any atom is -0.454 e. The van der Waals surface area contributed by atoms with Gasteiger partial charge in [-0.3, -0.25) is 4.79 Å². The van der Waals surface area contributed by atoms with Crippen LogP contribution < -0.4 is 24.4 Å². The average molecular weight is 432 g/mol. The van der Waals surface area contributed by atoms with Crippen molar-refractivity contribution in [2.45, 2.75) is 19.4 Å². The zero-order chi connectivity index (χ0) is 21.8. The Morgan fingerprint density at radius 2 is 1.81 bits per heavy atom. The van der Waals surface area contributed by atoms with Gasteiger partial charge >= 0.3 is 0 Å². The summed E-state index contributed by atoms with van der Waals surface area (Å²) in [4.78, 5) is 23.7. The first-order chi connectivity index (χ1) is 15.8. The number of rotatable bonds is 6. The van der Waals surface area contributed by atoms with E-state index in [0.717, 1.165) is 29.9 Å². The molecule has 32 heavy (non-hydrogen) atoms. The lowest BCUT2D eigenvalue weighted by atomic mass is 9.96. The minimum absolute atomic E-state index is 0.0320. The first kappa shape index (κ1) is 20.1. The number of fused-ring (bicyclic) bond motifs is 1. The SMILES string of the molecule is O=C(NCc1ccc2c(c1)OCO2)C1CCN(c2nccnc2Oc2ccccc2)CC1. The molecule has 164 valence electrons. The van der Waals surface area contributed by atoms with Gasteiger partial charge in [0.25, 0.3) is 5.88 Å². The molecule has 0 unspecified atom stereocenters. The number of benzene rings is 2. The molecule has 0 spiro atoms. The van der Waals surface area contributed by atoms with E-state index in [1.165, 1.54) is 0 Å². The molecule has 2 aromatic carbocycles. The summed E-state index contributed by atoms with van der Waals surface area (Å²) in [5, 5.41) is 3.05. The van der Waals surface area contributed by atoms with Crippen molar-refractivity contribution < 1.29 is 19.0 Å². The Kier molecular flexibility index (Phi) is 5.74. The van der Waals surface area contributed by atoms with Crippen LogP contribution in [0.15, 0.2) is 60.9 Å². The Morgan fingerprint density at radius 3 is 2.66 bits per heavy atom. The van der Waals surface area contributed by atoms with Crippen molar-refractivity contribution in [3.05, 3.63) is 66.5 Å². The molecular formula is C24H24N4O4. The predicted octanol–water partition coefficient (Wildman–Crippen LogP) is 3.53. The fourth-order valence-electron chi connectivity index (χ4n) is 3.94. The Labute approximate surface area is 186 Å². The standard InChI is InChI=1S/C24H24N4O4/c29-23(27-15-17-6-7-20-21(14-17)31-16-30-20)18-8-12-28(13-9-18)22-24(26-11-10-25-22)32-19-4-2-1-3-5-19/h1-7,10-11,14,18H,8-9,12-13,15-16H2,(H,27,29). The third kappa shape index (κ3) is 4.44. The molecule has 2 aliphatic rings. The van der Waals surface area contributed by atoms with Gasteiger partial charge in [0, 0.05) is 37.9 Å². The van der Waals surface area contributed by atoms with Crippen molar-refractivity contribution in [1.82, 2.24) is 15.3 Å². The number of aromatic nitrogens is 2. The Hall–Kier alpha value is -3.81. The van der Waals surface area contributed by atoms with E-state index in [0.29, 0.717) is 37.1 Å². The van der Waals surface area contributed by atoms with Crippen LogP contribution in [0.4, 0.5) is 5.82 Å². The smallest absolute Gasteiger partial charge is 0.263 e. The largest absolute Gasteiger partial charge is 0.454 e. The molecule has 3 heterocycles. The molecule has 0 bridgehead atoms. The lowest BCUT2D eigenvalue weighted by Gasteiger charge is -2.32. The first-order valence-corrected chi connectivity index (χ1v) is 10.7. The van der Waals surface area contributed by atoms with Gasteiger partial charge in [-0.25, -0.2) is 9.97 Å². The number of carbonyl (C=O) groups excluding carboxylic acids is 1. The van der Waals surface area contributed by atoms with Gasteiger partial charge in [-0.1, -0.05) is 24.3 Å². The molecule has 8 nitrogen and oxygen atoms in total. The van der Waals surface area contributed by atoms with Crippen LogP contribution in [0.5, 0.6) is 23.1 Å². The normalized spacial score (nSPS) is 15.4. The fourth-order valence-corrected chi connectivity index (χ4v) is 3.94. The van der Waals surface area contributed by atoms with Gasteiger partial charge < -0.3 is 24.4 Å². The molecular weight excluding hydrogens is 408 g/mol. The van der Waals surface area contributed by atoms with Gasteiger partial charge in [-0.2, -0.15) is 0 Å². The van der Waals surface area contributed by atoms with Crippen molar-refractivity contribution in [3.8, 4) is 23.1 Å². The quantitative estimate of drug-likeness (QED) is 0.638. The third-order valence-electron chi connectivity index (χ3n) is 5.67. The lowest BCUT2D eigenvalue weighted by molar-refractivity contribution is -0.125. The van der Waals surface area contributed by atoms with Crippen LogP contribution >= 0.6 is 0 Å². The number of para-hydroxylation sites is 1. The maximum atomic E-state index is 12.7. The summed E-state index contributed by atoms with van der Waals surface area (Å²) in [6, 6.07) is 15.3. The number of hydrogen-bond acceptors (Lipinski definition) is 7. The van der Waals surface area contributed by atoms with Gasteiger partial charge in [-0.15, -0.1) is 0 Å². The summed E-state index contributed by atoms with van der Waals surface area (Å²) in [5.74, 6) is 3.40. The number of ether oxygens (including phenoxy) is 3. The topological polar surface area (TPSA) is 85.8 Å². The van der Waals surface area contributed by atoms with E-state index in [-0.39, 0.29) is 18.6 Å². The molecule has 0 atom stereocenters. The van der Waals surface area contributed by atoms with E-state index in [1.807, 2.05) is 48.5 Å². The number of piperidine rings is 1. The van der Waals surface area contributed by atoms with Crippen molar-refractivity contribution in [1.29, 1.82) is 0 Å². The van der Waals surface area contributed by atoms with Crippen LogP contribution in [0.25, 0.3) is 0 Å². The number of amides is 1. The first-order valence-electron chi connectivity index (χ1n) is 10.7. The summed E-state index contributed by atoms with van der Waals surface area (Å²) < 4.78 is 16.7. The van der Waals surface area contributed by atoms with E-state index >= 15 is 0 Å². The molecule has 1 amide bonds. The maximum absolute atomic E-state index is 12.7. The molecule has 1 N–H and O–H groups in total. The number of hydrogen-bond donors (Lipinski definition) is 1. The van der Waals surface area contributed by atoms with Crippen LogP contribution in [0, 0.1) is 5.92 Å². The molecule has 1 fully saturated rings. The van der Waals surface area contributed by atoms with E-state index in [4.69, 9.17) is 14.2 Å². The van der Waals surface area contributed by atoms with Gasteiger partial charge in [0.15, 0.2) is 17.3 Å². The minimum atomic E-state index is -0.0320. The Balaban J connectivity index is 1.16. The van der Waals surface area contributed by atoms with Crippen molar-refractivity contribution in [2.24, 2.45) is 5.92 Å². The van der Waals surface area contributed by atoms with E-state index in [2.05, 4.69) is 20.2 Å². The van der Waals surface area contributed by atoms with Crippen molar-refractivity contribution in [3.63, 3.8) is 0 Å². The summed E-state index contributed by atoms with van der Waals surface area (Å²) in [6.45, 7) is 2.14. The molecule has 0 aliphatic carbocycles. The Morgan fingerprint density at radius 1 is 1.03 bits per heavy atom. The van der Waals surface area contributed by atoms with Crippen LogP contribution in [0.1, 0.15) is 18.4 Å². The van der Waals surface area contributed by atoms with Gasteiger partial charge in [0.2, 0.25) is 12.7 Å². The van der Waals surface area contributed by atoms with Crippen LogP contribution in [-0.4, -0.2) is 35.8 Å². The number of anilines is 1. The summed E-state index contributed by atoms with van der Waals surface area (Å²) in [7, 11) is 0. The monoisotopic (exact) mass is 432 g/mol. The lowest BCUT2D eigenvalue weighted by Crippen LogP contribution is -2.40. The van der Waals surface area contributed by atoms with Crippen LogP contribution in [0.2, 0.25) is 0 Å². The highest BCUT2D eigenvalue weighted by Crippen LogP contribution is 2.33. The summed E-state index contributed by atoms with van der Waals surface area (Å²) in [6.07, 6.45) is 4.78. The maximum Gasteiger partial charge on any atom is 0.263 e. The molecule has 8 heteroatoms. The fraction of sp³-hybridized carbons (Fsp3) is 0.292. The highest BCUT2D eigenvalue weighted by atomic mass is 16.7. The second-order valence-corrected chi connectivity index (χ2v) is 7.77. The van der Waals surface area contributed by atoms with Crippen molar-refractivity contribution >= 4 is 11.7 Å². The zero-order valence-corrected chi connectivity index (χ0v) is 17.6. The highest BCUT2D eigenvalue weighted by molar-refractivity contribution is 5.79. The van der Waals surface area contributed by atoms with Crippen LogP contribution in [0.3, 0.4) is 0 Å². The molecule has 3 aromatic rings. The van der Waals surface area contributed by atoms with Gasteiger partial charge in [0.1, 0.15) is 5.75 Å². The molecule has 0 saturated carbocycles. The third-order valence-corrected chi connectivity index (χ3v) is 5.67. The summed E-state index contributed by atoms with van der Waals surface area (Å²) >= 11 is 0.